The van der Waals surface area contributed by atoms with E-state index >= 15 is 0 Å². The first-order valence-corrected chi connectivity index (χ1v) is 11.7. The summed E-state index contributed by atoms with van der Waals surface area (Å²) in [6, 6.07) is 15.1. The number of nitrogens with two attached hydrogens (primary N) is 2. The highest BCUT2D eigenvalue weighted by atomic mass is 19.3. The summed E-state index contributed by atoms with van der Waals surface area (Å²) in [5.74, 6) is 1.30. The lowest BCUT2D eigenvalue weighted by Gasteiger charge is -2.10. The van der Waals surface area contributed by atoms with Gasteiger partial charge in [0.1, 0.15) is 5.69 Å². The molecule has 0 amide bonds. The predicted molar refractivity (Wildman–Crippen MR) is 134 cm³/mol. The molecule has 4 rings (SSSR count). The summed E-state index contributed by atoms with van der Waals surface area (Å²) in [7, 11) is 0. The van der Waals surface area contributed by atoms with Crippen LogP contribution >= 0.6 is 0 Å². The summed E-state index contributed by atoms with van der Waals surface area (Å²) in [5.41, 5.74) is 16.4. The average Bonchev–Trinajstić information content (AvgIpc) is 3.37. The van der Waals surface area contributed by atoms with E-state index < -0.39 is 12.5 Å². The molecule has 8 heteroatoms. The molecule has 0 radical (unpaired) electrons. The lowest BCUT2D eigenvalue weighted by Crippen LogP contribution is -2.18. The number of halogens is 2. The summed E-state index contributed by atoms with van der Waals surface area (Å²) in [5, 5.41) is 4.09. The number of rotatable bonds is 9. The van der Waals surface area contributed by atoms with Crippen molar-refractivity contribution in [2.24, 2.45) is 11.7 Å². The number of nitrogen functional groups attached to an aromatic ring is 1. The molecule has 0 spiro atoms. The number of anilines is 1. The van der Waals surface area contributed by atoms with Crippen LogP contribution in [0.5, 0.6) is 0 Å². The second kappa shape index (κ2) is 10.7. The fourth-order valence-corrected chi connectivity index (χ4v) is 3.72. The molecule has 0 saturated carbocycles. The van der Waals surface area contributed by atoms with Crippen LogP contribution in [-0.4, -0.2) is 21.6 Å². The zero-order valence-corrected chi connectivity index (χ0v) is 19.8. The van der Waals surface area contributed by atoms with Crippen LogP contribution in [0.4, 0.5) is 14.6 Å². The molecule has 0 aliphatic rings. The summed E-state index contributed by atoms with van der Waals surface area (Å²) < 4.78 is 31.2. The normalized spacial score (nSPS) is 13.2. The van der Waals surface area contributed by atoms with Gasteiger partial charge in [-0.25, -0.2) is 18.7 Å². The third-order valence-corrected chi connectivity index (χ3v) is 6.28. The third kappa shape index (κ3) is 5.71. The van der Waals surface area contributed by atoms with Crippen LogP contribution in [0.25, 0.3) is 34.0 Å². The number of hydrogen-bond acceptors (Lipinski definition) is 6. The Morgan fingerprint density at radius 2 is 1.63 bits per heavy atom. The molecule has 6 nitrogen and oxygen atoms in total. The predicted octanol–water partition coefficient (Wildman–Crippen LogP) is 6.29. The molecule has 0 aliphatic heterocycles. The fraction of sp³-hybridized carbons (Fsp3) is 0.296. The molecular weight excluding hydrogens is 448 g/mol. The number of aryl methyl sites for hydroxylation is 1. The number of benzene rings is 2. The Kier molecular flexibility index (Phi) is 7.51. The molecule has 2 atom stereocenters. The quantitative estimate of drug-likeness (QED) is 0.293. The molecule has 2 unspecified atom stereocenters. The summed E-state index contributed by atoms with van der Waals surface area (Å²) in [6.45, 7) is 4.48. The maximum absolute atomic E-state index is 12.8. The molecule has 35 heavy (non-hydrogen) atoms. The van der Waals surface area contributed by atoms with Gasteiger partial charge in [-0.15, -0.1) is 0 Å². The molecule has 0 bridgehead atoms. The van der Waals surface area contributed by atoms with E-state index in [1.165, 1.54) is 12.0 Å². The van der Waals surface area contributed by atoms with Crippen molar-refractivity contribution in [3.63, 3.8) is 0 Å². The van der Waals surface area contributed by atoms with Crippen LogP contribution in [0.2, 0.25) is 0 Å². The molecule has 0 aliphatic carbocycles. The van der Waals surface area contributed by atoms with Gasteiger partial charge in [0, 0.05) is 17.2 Å². The van der Waals surface area contributed by atoms with Gasteiger partial charge in [-0.3, -0.25) is 0 Å². The summed E-state index contributed by atoms with van der Waals surface area (Å²) >= 11 is 0. The smallest absolute Gasteiger partial charge is 0.257 e. The van der Waals surface area contributed by atoms with E-state index in [-0.39, 0.29) is 5.82 Å². The molecular formula is C27H29F2N5O. The van der Waals surface area contributed by atoms with Gasteiger partial charge in [0.2, 0.25) is 0 Å². The number of nitrogens with zero attached hydrogens (tertiary/aromatic N) is 3. The number of aromatic nitrogens is 3. The fourth-order valence-electron chi connectivity index (χ4n) is 3.72. The van der Waals surface area contributed by atoms with Gasteiger partial charge in [0.25, 0.3) is 6.43 Å². The van der Waals surface area contributed by atoms with Crippen LogP contribution in [0.15, 0.2) is 65.3 Å². The van der Waals surface area contributed by atoms with Crippen molar-refractivity contribution in [3.8, 4) is 34.0 Å². The zero-order valence-electron chi connectivity index (χ0n) is 19.8. The molecule has 2 aromatic heterocycles. The van der Waals surface area contributed by atoms with E-state index in [0.29, 0.717) is 39.9 Å². The Labute approximate surface area is 203 Å². The van der Waals surface area contributed by atoms with Gasteiger partial charge in [-0.05, 0) is 29.9 Å². The van der Waals surface area contributed by atoms with Gasteiger partial charge in [0.15, 0.2) is 17.3 Å². The second-order valence-corrected chi connectivity index (χ2v) is 8.80. The molecule has 4 N–H and O–H groups in total. The highest BCUT2D eigenvalue weighted by Crippen LogP contribution is 2.30. The Bertz CT molecular complexity index is 1260. The van der Waals surface area contributed by atoms with E-state index in [2.05, 4.69) is 41.1 Å². The van der Waals surface area contributed by atoms with Crippen molar-refractivity contribution < 1.29 is 13.3 Å². The van der Waals surface area contributed by atoms with E-state index in [0.717, 1.165) is 18.4 Å². The molecule has 0 saturated heterocycles. The van der Waals surface area contributed by atoms with Gasteiger partial charge >= 0.3 is 0 Å². The van der Waals surface area contributed by atoms with Crippen LogP contribution in [-0.2, 0) is 6.42 Å². The van der Waals surface area contributed by atoms with Crippen LogP contribution in [0.3, 0.4) is 0 Å². The SMILES string of the molecule is CCC(C)CCc1ccc(-c2cnc(N)c(-c3cc(-c4ccc(C(N)C(F)F)cc4)no3)n2)cc1. The monoisotopic (exact) mass is 477 g/mol. The van der Waals surface area contributed by atoms with Crippen LogP contribution < -0.4 is 11.5 Å². The Morgan fingerprint density at radius 3 is 2.29 bits per heavy atom. The number of alkyl halides is 2. The van der Waals surface area contributed by atoms with Gasteiger partial charge < -0.3 is 16.0 Å². The van der Waals surface area contributed by atoms with E-state index in [4.69, 9.17) is 16.0 Å². The molecule has 2 aromatic carbocycles. The Morgan fingerprint density at radius 1 is 0.971 bits per heavy atom. The van der Waals surface area contributed by atoms with Gasteiger partial charge in [-0.1, -0.05) is 74.0 Å². The van der Waals surface area contributed by atoms with Crippen molar-refractivity contribution in [1.82, 2.24) is 15.1 Å². The largest absolute Gasteiger partial charge is 0.382 e. The highest BCUT2D eigenvalue weighted by Gasteiger charge is 2.19. The van der Waals surface area contributed by atoms with Gasteiger partial charge in [-0.2, -0.15) is 0 Å². The third-order valence-electron chi connectivity index (χ3n) is 6.28. The molecule has 4 aromatic rings. The molecule has 2 heterocycles. The van der Waals surface area contributed by atoms with Crippen molar-refractivity contribution in [2.45, 2.75) is 45.6 Å². The maximum atomic E-state index is 12.8. The second-order valence-electron chi connectivity index (χ2n) is 8.80. The first kappa shape index (κ1) is 24.5. The van der Waals surface area contributed by atoms with Crippen molar-refractivity contribution in [1.29, 1.82) is 0 Å². The van der Waals surface area contributed by atoms with Gasteiger partial charge in [0.05, 0.1) is 17.9 Å². The molecule has 0 fully saturated rings. The Hall–Kier alpha value is -3.65. The van der Waals surface area contributed by atoms with E-state index in [1.54, 1.807) is 36.5 Å². The lowest BCUT2D eigenvalue weighted by atomic mass is 9.98. The highest BCUT2D eigenvalue weighted by molar-refractivity contribution is 5.73. The summed E-state index contributed by atoms with van der Waals surface area (Å²) in [6.07, 6.45) is 2.40. The van der Waals surface area contributed by atoms with E-state index in [9.17, 15) is 8.78 Å². The van der Waals surface area contributed by atoms with Crippen LogP contribution in [0, 0.1) is 5.92 Å². The number of hydrogen-bond donors (Lipinski definition) is 2. The standard InChI is InChI=1S/C27H29F2N5O/c1-3-16(2)4-5-17-6-8-19(9-7-17)22-15-32-27(31)25(33-22)23-14-21(34-35-23)18-10-12-20(13-11-18)24(30)26(28)29/h6-16,24,26H,3-5,30H2,1-2H3,(H2,31,32). The minimum atomic E-state index is -2.63. The van der Waals surface area contributed by atoms with Crippen molar-refractivity contribution >= 4 is 5.82 Å². The maximum Gasteiger partial charge on any atom is 0.257 e. The van der Waals surface area contributed by atoms with Crippen molar-refractivity contribution in [2.75, 3.05) is 5.73 Å². The zero-order chi connectivity index (χ0) is 24.9. The topological polar surface area (TPSA) is 104 Å². The Balaban J connectivity index is 1.54. The van der Waals surface area contributed by atoms with Crippen molar-refractivity contribution in [3.05, 3.63) is 71.9 Å². The lowest BCUT2D eigenvalue weighted by molar-refractivity contribution is 0.116. The summed E-state index contributed by atoms with van der Waals surface area (Å²) in [4.78, 5) is 8.97. The average molecular weight is 478 g/mol. The van der Waals surface area contributed by atoms with Crippen LogP contribution in [0.1, 0.15) is 43.9 Å². The minimum absolute atomic E-state index is 0.222. The van der Waals surface area contributed by atoms with E-state index in [1.807, 2.05) is 12.1 Å². The molecule has 182 valence electrons. The first-order chi connectivity index (χ1) is 16.9. The minimum Gasteiger partial charge on any atom is -0.382 e. The first-order valence-electron chi connectivity index (χ1n) is 11.7.